The van der Waals surface area contributed by atoms with Crippen LogP contribution in [0, 0.1) is 24.2 Å². The van der Waals surface area contributed by atoms with E-state index >= 15 is 0 Å². The second kappa shape index (κ2) is 4.64. The van der Waals surface area contributed by atoms with Crippen molar-refractivity contribution < 1.29 is 13.9 Å². The van der Waals surface area contributed by atoms with Crippen LogP contribution in [0.25, 0.3) is 0 Å². The second-order valence-corrected chi connectivity index (χ2v) is 6.84. The lowest BCUT2D eigenvalue weighted by atomic mass is 9.54. The molecule has 0 N–H and O–H groups in total. The summed E-state index contributed by atoms with van der Waals surface area (Å²) in [7, 11) is 0. The van der Waals surface area contributed by atoms with Crippen molar-refractivity contribution in [3.8, 4) is 0 Å². The van der Waals surface area contributed by atoms with Crippen molar-refractivity contribution in [2.45, 2.75) is 59.5 Å². The van der Waals surface area contributed by atoms with Gasteiger partial charge in [0.1, 0.15) is 11.9 Å². The van der Waals surface area contributed by atoms with Gasteiger partial charge in [-0.15, -0.1) is 0 Å². The van der Waals surface area contributed by atoms with Crippen LogP contribution >= 0.6 is 0 Å². The van der Waals surface area contributed by atoms with E-state index in [0.29, 0.717) is 11.8 Å². The Kier molecular flexibility index (Phi) is 3.19. The van der Waals surface area contributed by atoms with Gasteiger partial charge in [-0.25, -0.2) is 0 Å². The van der Waals surface area contributed by atoms with Crippen LogP contribution in [0.5, 0.6) is 0 Å². The zero-order valence-electron chi connectivity index (χ0n) is 12.9. The molecular formula is C17H24O3. The predicted molar refractivity (Wildman–Crippen MR) is 76.3 cm³/mol. The summed E-state index contributed by atoms with van der Waals surface area (Å²) in [6, 6.07) is 0. The molecule has 2 aliphatic carbocycles. The molecule has 0 aromatic carbocycles. The molecule has 3 nitrogen and oxygen atoms in total. The molecule has 3 rings (SSSR count). The fourth-order valence-electron chi connectivity index (χ4n) is 4.39. The maximum absolute atomic E-state index is 11.6. The average Bonchev–Trinajstić information content (AvgIpc) is 2.73. The van der Waals surface area contributed by atoms with Crippen LogP contribution in [0.3, 0.4) is 0 Å². The minimum absolute atomic E-state index is 0.0333. The van der Waals surface area contributed by atoms with E-state index in [4.69, 9.17) is 9.15 Å². The molecule has 0 aliphatic heterocycles. The smallest absolute Gasteiger partial charge is 0.303 e. The molecule has 0 saturated heterocycles. The molecule has 2 aliphatic rings. The molecule has 4 atom stereocenters. The number of fused-ring (bicyclic) bond motifs is 2. The van der Waals surface area contributed by atoms with E-state index in [1.807, 2.05) is 6.26 Å². The number of esters is 1. The quantitative estimate of drug-likeness (QED) is 0.722. The Bertz CT molecular complexity index is 530. The molecule has 0 unspecified atom stereocenters. The van der Waals surface area contributed by atoms with Gasteiger partial charge < -0.3 is 9.15 Å². The van der Waals surface area contributed by atoms with E-state index in [1.54, 1.807) is 0 Å². The molecule has 1 fully saturated rings. The third kappa shape index (κ3) is 1.82. The molecular weight excluding hydrogens is 252 g/mol. The monoisotopic (exact) mass is 276 g/mol. The lowest BCUT2D eigenvalue weighted by Crippen LogP contribution is -2.47. The highest BCUT2D eigenvalue weighted by Crippen LogP contribution is 2.59. The van der Waals surface area contributed by atoms with E-state index in [0.717, 1.165) is 23.3 Å². The summed E-state index contributed by atoms with van der Waals surface area (Å²) in [5.41, 5.74) is 2.28. The van der Waals surface area contributed by atoms with Crippen LogP contribution in [0.2, 0.25) is 0 Å². The summed E-state index contributed by atoms with van der Waals surface area (Å²) in [5, 5.41) is 0. The van der Waals surface area contributed by atoms with Gasteiger partial charge in [0.2, 0.25) is 0 Å². The summed E-state index contributed by atoms with van der Waals surface area (Å²) in [6.07, 6.45) is 6.34. The third-order valence-corrected chi connectivity index (χ3v) is 5.78. The van der Waals surface area contributed by atoms with E-state index in [2.05, 4.69) is 20.8 Å². The Hall–Kier alpha value is -1.25. The van der Waals surface area contributed by atoms with Crippen molar-refractivity contribution in [3.05, 3.63) is 23.2 Å². The van der Waals surface area contributed by atoms with Crippen molar-refractivity contribution in [2.75, 3.05) is 0 Å². The number of aryl methyl sites for hydroxylation is 1. The van der Waals surface area contributed by atoms with Crippen LogP contribution < -0.4 is 0 Å². The van der Waals surface area contributed by atoms with Crippen molar-refractivity contribution >= 4 is 5.97 Å². The first kappa shape index (κ1) is 13.7. The zero-order chi connectivity index (χ0) is 14.5. The normalized spacial score (nSPS) is 36.1. The van der Waals surface area contributed by atoms with Gasteiger partial charge in [-0.05, 0) is 30.7 Å². The Morgan fingerprint density at radius 3 is 2.90 bits per heavy atom. The van der Waals surface area contributed by atoms with Crippen LogP contribution in [0.4, 0.5) is 0 Å². The van der Waals surface area contributed by atoms with E-state index in [1.165, 1.54) is 26.2 Å². The highest BCUT2D eigenvalue weighted by atomic mass is 16.5. The lowest BCUT2D eigenvalue weighted by molar-refractivity contribution is -0.166. The van der Waals surface area contributed by atoms with Crippen LogP contribution in [-0.2, 0) is 16.0 Å². The van der Waals surface area contributed by atoms with Crippen molar-refractivity contribution in [1.29, 1.82) is 0 Å². The van der Waals surface area contributed by atoms with Gasteiger partial charge in [-0.2, -0.15) is 0 Å². The minimum Gasteiger partial charge on any atom is -0.469 e. The number of rotatable bonds is 1. The SMILES string of the molecule is CC(=O)O[C@@H]1c2c(C)coc2C[C@H]2CCC[C@H](C)[C@]21C. The summed E-state index contributed by atoms with van der Waals surface area (Å²) < 4.78 is 11.5. The number of carbonyl (C=O) groups is 1. The third-order valence-electron chi connectivity index (χ3n) is 5.78. The van der Waals surface area contributed by atoms with E-state index in [9.17, 15) is 4.79 Å². The first-order valence-electron chi connectivity index (χ1n) is 7.68. The highest BCUT2D eigenvalue weighted by Gasteiger charge is 2.54. The maximum atomic E-state index is 11.6. The molecule has 110 valence electrons. The molecule has 0 amide bonds. The topological polar surface area (TPSA) is 39.4 Å². The van der Waals surface area contributed by atoms with Gasteiger partial charge in [0, 0.05) is 24.3 Å². The van der Waals surface area contributed by atoms with Crippen LogP contribution in [0.1, 0.15) is 63.0 Å². The Morgan fingerprint density at radius 2 is 2.20 bits per heavy atom. The summed E-state index contributed by atoms with van der Waals surface area (Å²) in [4.78, 5) is 11.6. The minimum atomic E-state index is -0.193. The summed E-state index contributed by atoms with van der Waals surface area (Å²) in [5.74, 6) is 1.95. The van der Waals surface area contributed by atoms with E-state index < -0.39 is 0 Å². The molecule has 0 radical (unpaired) electrons. The number of carbonyl (C=O) groups excluding carboxylic acids is 1. The molecule has 20 heavy (non-hydrogen) atoms. The first-order chi connectivity index (χ1) is 9.44. The number of ether oxygens (including phenoxy) is 1. The van der Waals surface area contributed by atoms with Crippen molar-refractivity contribution in [3.63, 3.8) is 0 Å². The number of hydrogen-bond acceptors (Lipinski definition) is 3. The van der Waals surface area contributed by atoms with Gasteiger partial charge in [0.15, 0.2) is 0 Å². The highest BCUT2D eigenvalue weighted by molar-refractivity contribution is 5.66. The Balaban J connectivity index is 2.11. The van der Waals surface area contributed by atoms with Crippen LogP contribution in [0.15, 0.2) is 10.7 Å². The molecule has 0 spiro atoms. The van der Waals surface area contributed by atoms with Crippen LogP contribution in [-0.4, -0.2) is 5.97 Å². The predicted octanol–water partition coefficient (Wildman–Crippen LogP) is 4.19. The summed E-state index contributed by atoms with van der Waals surface area (Å²) >= 11 is 0. The second-order valence-electron chi connectivity index (χ2n) is 6.84. The summed E-state index contributed by atoms with van der Waals surface area (Å²) in [6.45, 7) is 8.18. The molecule has 0 bridgehead atoms. The van der Waals surface area contributed by atoms with Gasteiger partial charge in [0.25, 0.3) is 0 Å². The van der Waals surface area contributed by atoms with Crippen molar-refractivity contribution in [2.24, 2.45) is 17.3 Å². The average molecular weight is 276 g/mol. The molecule has 1 heterocycles. The molecule has 1 saturated carbocycles. The molecule has 1 aromatic rings. The van der Waals surface area contributed by atoms with Gasteiger partial charge in [-0.1, -0.05) is 26.7 Å². The fourth-order valence-corrected chi connectivity index (χ4v) is 4.39. The van der Waals surface area contributed by atoms with Crippen molar-refractivity contribution in [1.82, 2.24) is 0 Å². The lowest BCUT2D eigenvalue weighted by Gasteiger charge is -2.52. The van der Waals surface area contributed by atoms with E-state index in [-0.39, 0.29) is 17.5 Å². The standard InChI is InChI=1S/C17H24O3/c1-10-9-19-14-8-13-7-5-6-11(2)17(13,4)16(15(10)14)20-12(3)18/h9,11,13,16H,5-8H2,1-4H3/t11-,13+,16+,17+/m0/s1. The van der Waals surface area contributed by atoms with Gasteiger partial charge in [-0.3, -0.25) is 4.79 Å². The Morgan fingerprint density at radius 1 is 1.45 bits per heavy atom. The Labute approximate surface area is 120 Å². The fraction of sp³-hybridized carbons (Fsp3) is 0.706. The van der Waals surface area contributed by atoms with Gasteiger partial charge in [0.05, 0.1) is 6.26 Å². The maximum Gasteiger partial charge on any atom is 0.303 e. The largest absolute Gasteiger partial charge is 0.469 e. The zero-order valence-corrected chi connectivity index (χ0v) is 12.9. The molecule has 3 heteroatoms. The van der Waals surface area contributed by atoms with Gasteiger partial charge >= 0.3 is 5.97 Å². The first-order valence-corrected chi connectivity index (χ1v) is 7.68. The number of hydrogen-bond donors (Lipinski definition) is 0. The molecule has 1 aromatic heterocycles. The number of furan rings is 1.